The number of morpholine rings is 1. The fraction of sp³-hybridized carbons (Fsp3) is 0.545. The summed E-state index contributed by atoms with van der Waals surface area (Å²) >= 11 is 5.95. The Kier molecular flexibility index (Phi) is 4.31. The van der Waals surface area contributed by atoms with Crippen molar-refractivity contribution < 1.29 is 9.47 Å². The van der Waals surface area contributed by atoms with Crippen molar-refractivity contribution >= 4 is 17.4 Å². The van der Waals surface area contributed by atoms with Crippen molar-refractivity contribution in [2.24, 2.45) is 0 Å². The molecule has 0 radical (unpaired) electrons. The van der Waals surface area contributed by atoms with Crippen LogP contribution < -0.4 is 4.90 Å². The van der Waals surface area contributed by atoms with Crippen molar-refractivity contribution in [2.75, 3.05) is 31.7 Å². The average molecular weight is 269 g/mol. The predicted molar refractivity (Wildman–Crippen MR) is 65.3 cm³/mol. The molecule has 18 heavy (non-hydrogen) atoms. The quantitative estimate of drug-likeness (QED) is 0.762. The van der Waals surface area contributed by atoms with E-state index < -0.39 is 6.10 Å². The molecular formula is C11H13ClN4O2. The van der Waals surface area contributed by atoms with E-state index >= 15 is 0 Å². The lowest BCUT2D eigenvalue weighted by atomic mass is 10.3. The highest BCUT2D eigenvalue weighted by molar-refractivity contribution is 6.29. The molecule has 0 amide bonds. The van der Waals surface area contributed by atoms with Crippen LogP contribution in [0.4, 0.5) is 5.82 Å². The van der Waals surface area contributed by atoms with Gasteiger partial charge in [0.05, 0.1) is 19.2 Å². The van der Waals surface area contributed by atoms with Crippen LogP contribution in [0.3, 0.4) is 0 Å². The number of hydrogen-bond acceptors (Lipinski definition) is 6. The number of methoxy groups -OCH3 is 1. The van der Waals surface area contributed by atoms with E-state index in [0.717, 1.165) is 0 Å². The lowest BCUT2D eigenvalue weighted by Crippen LogP contribution is -2.42. The summed E-state index contributed by atoms with van der Waals surface area (Å²) in [5, 5.41) is 9.24. The fourth-order valence-corrected chi connectivity index (χ4v) is 1.94. The maximum Gasteiger partial charge on any atom is 0.161 e. The lowest BCUT2D eigenvalue weighted by Gasteiger charge is -2.30. The van der Waals surface area contributed by atoms with Gasteiger partial charge in [0.15, 0.2) is 11.9 Å². The summed E-state index contributed by atoms with van der Waals surface area (Å²) in [5.41, 5.74) is 0. The molecule has 1 atom stereocenters. The van der Waals surface area contributed by atoms with Crippen molar-refractivity contribution in [1.82, 2.24) is 9.97 Å². The zero-order chi connectivity index (χ0) is 13.0. The Balaban J connectivity index is 2.19. The summed E-state index contributed by atoms with van der Waals surface area (Å²) in [6, 6.07) is 3.77. The second-order valence-corrected chi connectivity index (χ2v) is 4.22. The van der Waals surface area contributed by atoms with E-state index in [1.54, 1.807) is 13.2 Å². The highest BCUT2D eigenvalue weighted by Gasteiger charge is 2.21. The van der Waals surface area contributed by atoms with E-state index in [4.69, 9.17) is 26.3 Å². The first-order valence-corrected chi connectivity index (χ1v) is 5.89. The summed E-state index contributed by atoms with van der Waals surface area (Å²) in [4.78, 5) is 10.4. The van der Waals surface area contributed by atoms with E-state index in [9.17, 15) is 0 Å². The van der Waals surface area contributed by atoms with Crippen LogP contribution in [0.15, 0.2) is 6.07 Å². The molecule has 1 saturated heterocycles. The molecule has 1 aliphatic heterocycles. The first-order valence-electron chi connectivity index (χ1n) is 5.51. The van der Waals surface area contributed by atoms with Crippen molar-refractivity contribution in [2.45, 2.75) is 12.7 Å². The molecule has 0 N–H and O–H groups in total. The Bertz CT molecular complexity index is 463. The molecule has 6 nitrogen and oxygen atoms in total. The number of anilines is 1. The van der Waals surface area contributed by atoms with Gasteiger partial charge in [-0.25, -0.2) is 9.97 Å². The largest absolute Gasteiger partial charge is 0.377 e. The van der Waals surface area contributed by atoms with Crippen LogP contribution in [0.5, 0.6) is 0 Å². The van der Waals surface area contributed by atoms with Gasteiger partial charge in [0, 0.05) is 19.7 Å². The van der Waals surface area contributed by atoms with Gasteiger partial charge in [0.2, 0.25) is 0 Å². The SMILES string of the molecule is COCc1nc(Cl)cc(N2CCOC(C#N)C2)n1. The summed E-state index contributed by atoms with van der Waals surface area (Å²) in [6.07, 6.45) is -0.432. The Morgan fingerprint density at radius 2 is 2.50 bits per heavy atom. The van der Waals surface area contributed by atoms with Crippen LogP contribution in [0, 0.1) is 11.3 Å². The van der Waals surface area contributed by atoms with Gasteiger partial charge >= 0.3 is 0 Å². The van der Waals surface area contributed by atoms with Crippen LogP contribution in [0.2, 0.25) is 5.15 Å². The normalized spacial score (nSPS) is 19.6. The van der Waals surface area contributed by atoms with Gasteiger partial charge in [-0.05, 0) is 0 Å². The minimum atomic E-state index is -0.432. The van der Waals surface area contributed by atoms with Crippen LogP contribution in [0.25, 0.3) is 0 Å². The molecule has 1 fully saturated rings. The van der Waals surface area contributed by atoms with Gasteiger partial charge < -0.3 is 14.4 Å². The number of ether oxygens (including phenoxy) is 2. The van der Waals surface area contributed by atoms with Gasteiger partial charge in [-0.3, -0.25) is 0 Å². The van der Waals surface area contributed by atoms with Gasteiger partial charge in [0.25, 0.3) is 0 Å². The predicted octanol–water partition coefficient (Wildman–Crippen LogP) is 1.01. The summed E-state index contributed by atoms with van der Waals surface area (Å²) < 4.78 is 10.3. The third kappa shape index (κ3) is 3.07. The van der Waals surface area contributed by atoms with E-state index in [0.29, 0.717) is 43.1 Å². The number of rotatable bonds is 3. The summed E-state index contributed by atoms with van der Waals surface area (Å²) in [6.45, 7) is 1.97. The van der Waals surface area contributed by atoms with Crippen LogP contribution in [-0.2, 0) is 16.1 Å². The Morgan fingerprint density at radius 1 is 1.67 bits per heavy atom. The van der Waals surface area contributed by atoms with Gasteiger partial charge in [-0.2, -0.15) is 5.26 Å². The van der Waals surface area contributed by atoms with Crippen LogP contribution in [0.1, 0.15) is 5.82 Å². The first kappa shape index (κ1) is 13.0. The van der Waals surface area contributed by atoms with Crippen LogP contribution in [-0.4, -0.2) is 42.9 Å². The number of nitrogens with zero attached hydrogens (tertiary/aromatic N) is 4. The highest BCUT2D eigenvalue weighted by atomic mass is 35.5. The third-order valence-corrected chi connectivity index (χ3v) is 2.73. The number of halogens is 1. The molecule has 96 valence electrons. The first-order chi connectivity index (χ1) is 8.72. The number of nitriles is 1. The second kappa shape index (κ2) is 5.96. The highest BCUT2D eigenvalue weighted by Crippen LogP contribution is 2.19. The molecule has 0 saturated carbocycles. The zero-order valence-corrected chi connectivity index (χ0v) is 10.7. The second-order valence-electron chi connectivity index (χ2n) is 3.83. The number of hydrogen-bond donors (Lipinski definition) is 0. The van der Waals surface area contributed by atoms with Gasteiger partial charge in [-0.15, -0.1) is 0 Å². The van der Waals surface area contributed by atoms with E-state index in [-0.39, 0.29) is 0 Å². The Morgan fingerprint density at radius 3 is 3.22 bits per heavy atom. The minimum Gasteiger partial charge on any atom is -0.377 e. The van der Waals surface area contributed by atoms with E-state index in [1.807, 2.05) is 4.90 Å². The molecule has 2 heterocycles. The molecule has 0 spiro atoms. The summed E-state index contributed by atoms with van der Waals surface area (Å²) in [7, 11) is 1.57. The molecule has 0 aliphatic carbocycles. The molecule has 1 aromatic rings. The Hall–Kier alpha value is -1.42. The minimum absolute atomic E-state index is 0.305. The van der Waals surface area contributed by atoms with Crippen molar-refractivity contribution in [1.29, 1.82) is 5.26 Å². The molecular weight excluding hydrogens is 256 g/mol. The van der Waals surface area contributed by atoms with E-state index in [1.165, 1.54) is 0 Å². The van der Waals surface area contributed by atoms with Crippen molar-refractivity contribution in [3.63, 3.8) is 0 Å². The standard InChI is InChI=1S/C11H13ClN4O2/c1-17-7-10-14-9(12)4-11(15-10)16-2-3-18-8(5-13)6-16/h4,8H,2-3,6-7H2,1H3. The van der Waals surface area contributed by atoms with Gasteiger partial charge in [-0.1, -0.05) is 11.6 Å². The maximum atomic E-state index is 8.87. The fourth-order valence-electron chi connectivity index (χ4n) is 1.74. The van der Waals surface area contributed by atoms with Crippen molar-refractivity contribution in [3.05, 3.63) is 17.0 Å². The van der Waals surface area contributed by atoms with Gasteiger partial charge in [0.1, 0.15) is 17.6 Å². The molecule has 1 aromatic heterocycles. The number of aromatic nitrogens is 2. The Labute approximate surface area is 110 Å². The monoisotopic (exact) mass is 268 g/mol. The van der Waals surface area contributed by atoms with Crippen molar-refractivity contribution in [3.8, 4) is 6.07 Å². The molecule has 0 bridgehead atoms. The molecule has 1 unspecified atom stereocenters. The molecule has 2 rings (SSSR count). The maximum absolute atomic E-state index is 8.87. The van der Waals surface area contributed by atoms with E-state index in [2.05, 4.69) is 16.0 Å². The van der Waals surface area contributed by atoms with Crippen LogP contribution >= 0.6 is 11.6 Å². The average Bonchev–Trinajstić information content (AvgIpc) is 2.38. The zero-order valence-electron chi connectivity index (χ0n) is 9.97. The molecule has 0 aromatic carbocycles. The lowest BCUT2D eigenvalue weighted by molar-refractivity contribution is 0.0761. The topological polar surface area (TPSA) is 71.3 Å². The smallest absolute Gasteiger partial charge is 0.161 e. The molecule has 1 aliphatic rings. The summed E-state index contributed by atoms with van der Waals surface area (Å²) in [5.74, 6) is 1.23. The third-order valence-electron chi connectivity index (χ3n) is 2.54. The molecule has 7 heteroatoms.